The first-order chi connectivity index (χ1) is 10.3. The van der Waals surface area contributed by atoms with Gasteiger partial charge in [0.05, 0.1) is 6.10 Å². The normalized spacial score (nSPS) is 53.5. The highest BCUT2D eigenvalue weighted by molar-refractivity contribution is 4.93. The molecule has 0 amide bonds. The SMILES string of the molecule is C[C@H]1O[C@H](O)[C@H](O)[C@@H](O)[C@@H]1[NH2+][C@H]1C[C@H](CO)[C@@H](O)[C@H](O)[C@H]1O. The maximum Gasteiger partial charge on any atom is 0.184 e. The van der Waals surface area contributed by atoms with E-state index < -0.39 is 60.9 Å². The van der Waals surface area contributed by atoms with Crippen LogP contribution in [-0.4, -0.2) is 97.4 Å². The van der Waals surface area contributed by atoms with Crippen LogP contribution in [0.2, 0.25) is 0 Å². The predicted octanol–water partition coefficient (Wildman–Crippen LogP) is -5.16. The maximum absolute atomic E-state index is 10.1. The Labute approximate surface area is 127 Å². The molecule has 1 saturated carbocycles. The van der Waals surface area contributed by atoms with E-state index in [4.69, 9.17) is 4.74 Å². The van der Waals surface area contributed by atoms with Crippen molar-refractivity contribution in [1.29, 1.82) is 0 Å². The maximum atomic E-state index is 10.1. The van der Waals surface area contributed by atoms with Gasteiger partial charge in [-0.3, -0.25) is 0 Å². The van der Waals surface area contributed by atoms with E-state index in [1.807, 2.05) is 0 Å². The van der Waals surface area contributed by atoms with Gasteiger partial charge in [0.2, 0.25) is 0 Å². The summed E-state index contributed by atoms with van der Waals surface area (Å²) < 4.78 is 5.13. The van der Waals surface area contributed by atoms with Crippen molar-refractivity contribution in [3.63, 3.8) is 0 Å². The molecule has 1 aliphatic heterocycles. The second-order valence-corrected chi connectivity index (χ2v) is 6.30. The van der Waals surface area contributed by atoms with Gasteiger partial charge >= 0.3 is 0 Å². The lowest BCUT2D eigenvalue weighted by Crippen LogP contribution is -3.03. The van der Waals surface area contributed by atoms with Crippen LogP contribution in [0.1, 0.15) is 13.3 Å². The molecular weight excluding hydrogens is 298 g/mol. The lowest BCUT2D eigenvalue weighted by atomic mass is 9.79. The highest BCUT2D eigenvalue weighted by Gasteiger charge is 2.50. The molecule has 0 aromatic carbocycles. The van der Waals surface area contributed by atoms with E-state index in [0.29, 0.717) is 0 Å². The Hall–Kier alpha value is -0.360. The Morgan fingerprint density at radius 2 is 1.55 bits per heavy atom. The molecule has 9 N–H and O–H groups in total. The fourth-order valence-corrected chi connectivity index (χ4v) is 3.36. The van der Waals surface area contributed by atoms with Gasteiger partial charge in [0.15, 0.2) is 6.29 Å². The first-order valence-corrected chi connectivity index (χ1v) is 7.47. The van der Waals surface area contributed by atoms with Crippen molar-refractivity contribution in [3.05, 3.63) is 0 Å². The number of aliphatic hydroxyl groups is 7. The zero-order valence-corrected chi connectivity index (χ0v) is 12.3. The third kappa shape index (κ3) is 3.28. The van der Waals surface area contributed by atoms with Gasteiger partial charge in [-0.2, -0.15) is 0 Å². The van der Waals surface area contributed by atoms with E-state index in [2.05, 4.69) is 0 Å². The van der Waals surface area contributed by atoms with Crippen molar-refractivity contribution in [2.24, 2.45) is 5.92 Å². The molecule has 0 aromatic rings. The molecule has 0 spiro atoms. The minimum atomic E-state index is -1.48. The molecule has 2 aliphatic rings. The second kappa shape index (κ2) is 7.04. The van der Waals surface area contributed by atoms with E-state index in [-0.39, 0.29) is 13.0 Å². The van der Waals surface area contributed by atoms with Gasteiger partial charge in [-0.25, -0.2) is 0 Å². The van der Waals surface area contributed by atoms with E-state index in [1.54, 1.807) is 12.2 Å². The number of ether oxygens (including phenoxy) is 1. The number of hydrogen-bond donors (Lipinski definition) is 8. The highest BCUT2D eigenvalue weighted by atomic mass is 16.6. The minimum absolute atomic E-state index is 0.227. The van der Waals surface area contributed by atoms with Crippen molar-refractivity contribution in [3.8, 4) is 0 Å². The molecular formula is C13H26NO8+. The van der Waals surface area contributed by atoms with Crippen LogP contribution in [0.25, 0.3) is 0 Å². The number of hydrogen-bond acceptors (Lipinski definition) is 8. The van der Waals surface area contributed by atoms with E-state index in [9.17, 15) is 35.7 Å². The Morgan fingerprint density at radius 3 is 2.14 bits per heavy atom. The van der Waals surface area contributed by atoms with Gasteiger partial charge in [0.25, 0.3) is 0 Å². The first kappa shape index (κ1) is 18.0. The van der Waals surface area contributed by atoms with Crippen LogP contribution in [0.3, 0.4) is 0 Å². The van der Waals surface area contributed by atoms with Crippen LogP contribution in [0, 0.1) is 5.92 Å². The Bertz CT molecular complexity index is 370. The molecule has 2 rings (SSSR count). The molecule has 2 fully saturated rings. The van der Waals surface area contributed by atoms with E-state index in [0.717, 1.165) is 0 Å². The van der Waals surface area contributed by atoms with Gasteiger partial charge in [-0.15, -0.1) is 0 Å². The monoisotopic (exact) mass is 324 g/mol. The van der Waals surface area contributed by atoms with E-state index in [1.165, 1.54) is 0 Å². The molecule has 130 valence electrons. The number of rotatable bonds is 3. The van der Waals surface area contributed by atoms with Crippen LogP contribution in [0.15, 0.2) is 0 Å². The summed E-state index contributed by atoms with van der Waals surface area (Å²) in [4.78, 5) is 0. The third-order valence-corrected chi connectivity index (χ3v) is 4.83. The van der Waals surface area contributed by atoms with Gasteiger partial charge in [-0.05, 0) is 6.92 Å². The highest BCUT2D eigenvalue weighted by Crippen LogP contribution is 2.25. The average Bonchev–Trinajstić information content (AvgIpc) is 2.49. The molecule has 10 atom stereocenters. The van der Waals surface area contributed by atoms with Crippen molar-refractivity contribution in [2.45, 2.75) is 68.3 Å². The van der Waals surface area contributed by atoms with Crippen molar-refractivity contribution < 1.29 is 45.8 Å². The minimum Gasteiger partial charge on any atom is -0.396 e. The Morgan fingerprint density at radius 1 is 0.909 bits per heavy atom. The van der Waals surface area contributed by atoms with E-state index >= 15 is 0 Å². The molecule has 22 heavy (non-hydrogen) atoms. The number of nitrogens with two attached hydrogens (primary N) is 1. The Balaban J connectivity index is 2.08. The summed E-state index contributed by atoms with van der Waals surface area (Å²) in [5.41, 5.74) is 0. The summed E-state index contributed by atoms with van der Waals surface area (Å²) in [6.07, 6.45) is -8.47. The average molecular weight is 324 g/mol. The summed E-state index contributed by atoms with van der Waals surface area (Å²) >= 11 is 0. The number of aliphatic hydroxyl groups excluding tert-OH is 7. The van der Waals surface area contributed by atoms with Crippen LogP contribution >= 0.6 is 0 Å². The summed E-state index contributed by atoms with van der Waals surface area (Å²) in [6, 6.07) is -1.26. The van der Waals surface area contributed by atoms with Crippen LogP contribution in [0.4, 0.5) is 0 Å². The van der Waals surface area contributed by atoms with Gasteiger partial charge in [0.1, 0.15) is 42.6 Å². The van der Waals surface area contributed by atoms with Gasteiger partial charge in [-0.1, -0.05) is 0 Å². The summed E-state index contributed by atoms with van der Waals surface area (Å²) in [6.45, 7) is 1.28. The molecule has 0 bridgehead atoms. The molecule has 1 heterocycles. The Kier molecular flexibility index (Phi) is 5.75. The second-order valence-electron chi connectivity index (χ2n) is 6.30. The predicted molar refractivity (Wildman–Crippen MR) is 71.3 cm³/mol. The summed E-state index contributed by atoms with van der Waals surface area (Å²) in [5, 5.41) is 69.8. The van der Waals surface area contributed by atoms with Gasteiger partial charge < -0.3 is 45.8 Å². The van der Waals surface area contributed by atoms with Crippen LogP contribution in [-0.2, 0) is 4.74 Å². The lowest BCUT2D eigenvalue weighted by molar-refractivity contribution is -0.749. The smallest absolute Gasteiger partial charge is 0.184 e. The zero-order chi connectivity index (χ0) is 16.6. The van der Waals surface area contributed by atoms with Crippen molar-refractivity contribution in [2.75, 3.05) is 6.61 Å². The molecule has 1 saturated heterocycles. The van der Waals surface area contributed by atoms with Crippen LogP contribution < -0.4 is 5.32 Å². The summed E-state index contributed by atoms with van der Waals surface area (Å²) in [5.74, 6) is -0.591. The number of quaternary nitrogens is 1. The van der Waals surface area contributed by atoms with Gasteiger partial charge in [0, 0.05) is 18.9 Å². The molecule has 0 radical (unpaired) electrons. The van der Waals surface area contributed by atoms with Crippen LogP contribution in [0.5, 0.6) is 0 Å². The van der Waals surface area contributed by atoms with Crippen molar-refractivity contribution in [1.82, 2.24) is 0 Å². The first-order valence-electron chi connectivity index (χ1n) is 7.47. The van der Waals surface area contributed by atoms with Crippen molar-refractivity contribution >= 4 is 0 Å². The molecule has 9 nitrogen and oxygen atoms in total. The third-order valence-electron chi connectivity index (χ3n) is 4.83. The fraction of sp³-hybridized carbons (Fsp3) is 1.00. The zero-order valence-electron chi connectivity index (χ0n) is 12.3. The summed E-state index contributed by atoms with van der Waals surface area (Å²) in [7, 11) is 0. The quantitative estimate of drug-likeness (QED) is 0.255. The molecule has 9 heteroatoms. The fourth-order valence-electron chi connectivity index (χ4n) is 3.36. The standard InChI is InChI=1S/C13H25NO8/c1-4-7(10(18)12(20)13(21)22-4)14-6-2-5(3-15)8(16)11(19)9(6)17/h4-21H,2-3H2,1H3/p+1/t4-,5-,6+,7-,8-,9+,10+,11+,12-,13+/m1/s1. The molecule has 0 aromatic heterocycles. The largest absolute Gasteiger partial charge is 0.396 e. The topological polar surface area (TPSA) is 167 Å². The lowest BCUT2D eigenvalue weighted by Gasteiger charge is -2.43. The molecule has 0 unspecified atom stereocenters. The molecule has 1 aliphatic carbocycles.